The fraction of sp³-hybridized carbons (Fsp3) is 0.429. The first-order valence-corrected chi connectivity index (χ1v) is 6.70. The van der Waals surface area contributed by atoms with Crippen molar-refractivity contribution < 1.29 is 4.74 Å². The summed E-state index contributed by atoms with van der Waals surface area (Å²) in [7, 11) is 0. The maximum absolute atomic E-state index is 5.81. The fourth-order valence-corrected chi connectivity index (χ4v) is 3.04. The van der Waals surface area contributed by atoms with Crippen LogP contribution in [0.5, 0.6) is 0 Å². The van der Waals surface area contributed by atoms with E-state index in [4.69, 9.17) is 4.74 Å². The Morgan fingerprint density at radius 3 is 2.75 bits per heavy atom. The van der Waals surface area contributed by atoms with Crippen LogP contribution in [0.2, 0.25) is 0 Å². The van der Waals surface area contributed by atoms with Crippen molar-refractivity contribution in [3.05, 3.63) is 43.0 Å². The molecule has 2 rings (SSSR count). The molecule has 0 amide bonds. The van der Waals surface area contributed by atoms with E-state index in [2.05, 4.69) is 36.9 Å². The molecule has 0 spiro atoms. The van der Waals surface area contributed by atoms with Crippen molar-refractivity contribution in [2.45, 2.75) is 35.5 Å². The molecule has 0 radical (unpaired) electrons. The zero-order valence-corrected chi connectivity index (χ0v) is 10.3. The second kappa shape index (κ2) is 6.12. The molecule has 1 aromatic carbocycles. The maximum Gasteiger partial charge on any atom is 0.0610 e. The first-order chi connectivity index (χ1) is 7.88. The molecule has 1 aliphatic heterocycles. The van der Waals surface area contributed by atoms with Gasteiger partial charge in [0.05, 0.1) is 12.7 Å². The molecule has 0 N–H and O–H groups in total. The van der Waals surface area contributed by atoms with Crippen molar-refractivity contribution in [3.8, 4) is 0 Å². The van der Waals surface area contributed by atoms with Crippen LogP contribution in [-0.4, -0.2) is 18.0 Å². The topological polar surface area (TPSA) is 9.23 Å². The standard InChI is InChI=1S/C14H18OS/c1-2-6-12-9-10-14(11-15-12)16-13-7-4-3-5-8-13/h2-5,7-8,12,14H,1,6,9-11H2/t12-,14-/m1/s1. The number of hydrogen-bond donors (Lipinski definition) is 0. The number of ether oxygens (including phenoxy) is 1. The van der Waals surface area contributed by atoms with E-state index in [0.29, 0.717) is 11.4 Å². The summed E-state index contributed by atoms with van der Waals surface area (Å²) < 4.78 is 5.81. The van der Waals surface area contributed by atoms with E-state index in [0.717, 1.165) is 19.4 Å². The fourth-order valence-electron chi connectivity index (χ4n) is 1.94. The summed E-state index contributed by atoms with van der Waals surface area (Å²) in [6.07, 6.45) is 5.76. The van der Waals surface area contributed by atoms with Gasteiger partial charge < -0.3 is 4.74 Å². The zero-order chi connectivity index (χ0) is 11.2. The van der Waals surface area contributed by atoms with Crippen LogP contribution in [0.1, 0.15) is 19.3 Å². The molecular formula is C14H18OS. The van der Waals surface area contributed by atoms with Gasteiger partial charge in [-0.25, -0.2) is 0 Å². The van der Waals surface area contributed by atoms with Crippen LogP contribution in [0.3, 0.4) is 0 Å². The molecule has 1 heterocycles. The zero-order valence-electron chi connectivity index (χ0n) is 9.47. The van der Waals surface area contributed by atoms with E-state index in [1.165, 1.54) is 11.3 Å². The Morgan fingerprint density at radius 2 is 2.12 bits per heavy atom. The first-order valence-electron chi connectivity index (χ1n) is 5.82. The molecule has 0 aromatic heterocycles. The van der Waals surface area contributed by atoms with Gasteiger partial charge >= 0.3 is 0 Å². The summed E-state index contributed by atoms with van der Waals surface area (Å²) in [6, 6.07) is 10.6. The van der Waals surface area contributed by atoms with E-state index < -0.39 is 0 Å². The molecule has 16 heavy (non-hydrogen) atoms. The van der Waals surface area contributed by atoms with Crippen LogP contribution in [0.15, 0.2) is 47.9 Å². The van der Waals surface area contributed by atoms with E-state index >= 15 is 0 Å². The Hall–Kier alpha value is -0.730. The lowest BCUT2D eigenvalue weighted by molar-refractivity contribution is 0.0222. The van der Waals surface area contributed by atoms with E-state index in [-0.39, 0.29) is 0 Å². The quantitative estimate of drug-likeness (QED) is 0.731. The average Bonchev–Trinajstić information content (AvgIpc) is 2.33. The molecule has 1 nitrogen and oxygen atoms in total. The Morgan fingerprint density at radius 1 is 1.31 bits per heavy atom. The summed E-state index contributed by atoms with van der Waals surface area (Å²) >= 11 is 1.93. The third kappa shape index (κ3) is 3.39. The minimum absolute atomic E-state index is 0.408. The van der Waals surface area contributed by atoms with Crippen LogP contribution < -0.4 is 0 Å². The van der Waals surface area contributed by atoms with Gasteiger partial charge in [0.2, 0.25) is 0 Å². The normalized spacial score (nSPS) is 25.2. The summed E-state index contributed by atoms with van der Waals surface area (Å²) in [5.41, 5.74) is 0. The van der Waals surface area contributed by atoms with Crippen molar-refractivity contribution in [2.24, 2.45) is 0 Å². The Balaban J connectivity index is 1.79. The average molecular weight is 234 g/mol. The van der Waals surface area contributed by atoms with Crippen molar-refractivity contribution in [2.75, 3.05) is 6.61 Å². The second-order valence-corrected chi connectivity index (χ2v) is 5.48. The Kier molecular flexibility index (Phi) is 4.49. The second-order valence-electron chi connectivity index (χ2n) is 4.11. The van der Waals surface area contributed by atoms with Crippen LogP contribution in [-0.2, 0) is 4.74 Å². The van der Waals surface area contributed by atoms with Crippen molar-refractivity contribution >= 4 is 11.8 Å². The molecule has 1 aliphatic rings. The van der Waals surface area contributed by atoms with E-state index in [1.807, 2.05) is 17.8 Å². The molecule has 1 saturated heterocycles. The van der Waals surface area contributed by atoms with Crippen molar-refractivity contribution in [3.63, 3.8) is 0 Å². The first kappa shape index (κ1) is 11.7. The van der Waals surface area contributed by atoms with Crippen molar-refractivity contribution in [1.82, 2.24) is 0 Å². The van der Waals surface area contributed by atoms with Crippen LogP contribution >= 0.6 is 11.8 Å². The number of benzene rings is 1. The minimum atomic E-state index is 0.408. The summed E-state index contributed by atoms with van der Waals surface area (Å²) in [4.78, 5) is 1.35. The lowest BCUT2D eigenvalue weighted by atomic mass is 10.1. The monoisotopic (exact) mass is 234 g/mol. The molecule has 2 heteroatoms. The van der Waals surface area contributed by atoms with Gasteiger partial charge in [0.15, 0.2) is 0 Å². The number of thioether (sulfide) groups is 1. The summed E-state index contributed by atoms with van der Waals surface area (Å²) in [6.45, 7) is 4.63. The lowest BCUT2D eigenvalue weighted by Crippen LogP contribution is -2.27. The molecule has 1 aromatic rings. The van der Waals surface area contributed by atoms with Gasteiger partial charge in [-0.05, 0) is 31.4 Å². The predicted molar refractivity (Wildman–Crippen MR) is 69.9 cm³/mol. The lowest BCUT2D eigenvalue weighted by Gasteiger charge is -2.28. The van der Waals surface area contributed by atoms with E-state index in [9.17, 15) is 0 Å². The van der Waals surface area contributed by atoms with Gasteiger partial charge in [-0.2, -0.15) is 0 Å². The third-order valence-corrected chi connectivity index (χ3v) is 4.05. The molecule has 86 valence electrons. The highest BCUT2D eigenvalue weighted by molar-refractivity contribution is 8.00. The predicted octanol–water partition coefficient (Wildman–Crippen LogP) is 3.90. The van der Waals surface area contributed by atoms with Gasteiger partial charge in [0.1, 0.15) is 0 Å². The molecular weight excluding hydrogens is 216 g/mol. The molecule has 0 bridgehead atoms. The van der Waals surface area contributed by atoms with E-state index in [1.54, 1.807) is 0 Å². The van der Waals surface area contributed by atoms with Gasteiger partial charge in [0.25, 0.3) is 0 Å². The largest absolute Gasteiger partial charge is 0.377 e. The molecule has 0 saturated carbocycles. The molecule has 0 unspecified atom stereocenters. The molecule has 0 aliphatic carbocycles. The highest BCUT2D eigenvalue weighted by Gasteiger charge is 2.21. The number of rotatable bonds is 4. The highest BCUT2D eigenvalue weighted by atomic mass is 32.2. The van der Waals surface area contributed by atoms with Crippen LogP contribution in [0, 0.1) is 0 Å². The summed E-state index contributed by atoms with van der Waals surface area (Å²) in [5, 5.41) is 0.614. The number of hydrogen-bond acceptors (Lipinski definition) is 2. The summed E-state index contributed by atoms with van der Waals surface area (Å²) in [5.74, 6) is 0. The Bertz CT molecular complexity index is 315. The molecule has 1 fully saturated rings. The maximum atomic E-state index is 5.81. The Labute approximate surface area is 102 Å². The minimum Gasteiger partial charge on any atom is -0.377 e. The van der Waals surface area contributed by atoms with Crippen LogP contribution in [0.25, 0.3) is 0 Å². The van der Waals surface area contributed by atoms with Crippen LogP contribution in [0.4, 0.5) is 0 Å². The van der Waals surface area contributed by atoms with Gasteiger partial charge in [-0.1, -0.05) is 24.3 Å². The third-order valence-electron chi connectivity index (χ3n) is 2.80. The van der Waals surface area contributed by atoms with Gasteiger partial charge in [-0.15, -0.1) is 18.3 Å². The van der Waals surface area contributed by atoms with Crippen molar-refractivity contribution in [1.29, 1.82) is 0 Å². The smallest absolute Gasteiger partial charge is 0.0610 e. The molecule has 2 atom stereocenters. The van der Waals surface area contributed by atoms with Gasteiger partial charge in [-0.3, -0.25) is 0 Å². The SMILES string of the molecule is C=CC[C@@H]1CC[C@@H](Sc2ccccc2)CO1. The van der Waals surface area contributed by atoms with Gasteiger partial charge in [0, 0.05) is 10.1 Å². The highest BCUT2D eigenvalue weighted by Crippen LogP contribution is 2.30.